The molecule has 0 radical (unpaired) electrons. The highest BCUT2D eigenvalue weighted by atomic mass is 16.5. The highest BCUT2D eigenvalue weighted by molar-refractivity contribution is 5.97. The van der Waals surface area contributed by atoms with Crippen molar-refractivity contribution < 1.29 is 14.6 Å². The van der Waals surface area contributed by atoms with E-state index in [1.165, 1.54) is 7.11 Å². The number of nitrogens with zero attached hydrogens (tertiary/aromatic N) is 2. The van der Waals surface area contributed by atoms with Gasteiger partial charge in [-0.3, -0.25) is 4.79 Å². The van der Waals surface area contributed by atoms with E-state index in [4.69, 9.17) is 4.74 Å². The Morgan fingerprint density at radius 3 is 2.76 bits per heavy atom. The number of ether oxygens (including phenoxy) is 1. The number of aromatic hydroxyl groups is 1. The number of benzene rings is 1. The predicted octanol–water partition coefficient (Wildman–Crippen LogP) is 1.96. The molecule has 1 atom stereocenters. The first-order valence-electron chi connectivity index (χ1n) is 7.36. The van der Waals surface area contributed by atoms with Gasteiger partial charge in [-0.05, 0) is 45.5 Å². The molecule has 116 valence electrons. The standard InChI is InChI=1S/C16H24N2O3/c1-17(2)12-6-5-10-18(11-9-12)16(20)13-7-4-8-14(21-3)15(13)19/h4,7-8,12,19H,5-6,9-11H2,1-3H3. The topological polar surface area (TPSA) is 53.0 Å². The Balaban J connectivity index is 2.13. The number of carbonyl (C=O) groups excluding carboxylic acids is 1. The van der Waals surface area contributed by atoms with Crippen LogP contribution in [0.1, 0.15) is 29.6 Å². The summed E-state index contributed by atoms with van der Waals surface area (Å²) in [5.41, 5.74) is 0.317. The maximum Gasteiger partial charge on any atom is 0.257 e. The summed E-state index contributed by atoms with van der Waals surface area (Å²) in [5.74, 6) is 0.144. The molecule has 1 saturated heterocycles. The Kier molecular flexibility index (Phi) is 5.07. The van der Waals surface area contributed by atoms with Crippen LogP contribution in [-0.4, -0.2) is 61.2 Å². The average molecular weight is 292 g/mol. The van der Waals surface area contributed by atoms with E-state index in [1.54, 1.807) is 18.2 Å². The fourth-order valence-corrected chi connectivity index (χ4v) is 2.83. The van der Waals surface area contributed by atoms with Gasteiger partial charge < -0.3 is 19.6 Å². The lowest BCUT2D eigenvalue weighted by atomic mass is 10.1. The van der Waals surface area contributed by atoms with Gasteiger partial charge in [0, 0.05) is 19.1 Å². The minimum Gasteiger partial charge on any atom is -0.504 e. The third-order valence-electron chi connectivity index (χ3n) is 4.16. The van der Waals surface area contributed by atoms with Crippen LogP contribution in [0.4, 0.5) is 0 Å². The lowest BCUT2D eigenvalue weighted by molar-refractivity contribution is 0.0755. The zero-order valence-corrected chi connectivity index (χ0v) is 13.0. The van der Waals surface area contributed by atoms with Crippen LogP contribution in [0.2, 0.25) is 0 Å². The van der Waals surface area contributed by atoms with Crippen molar-refractivity contribution in [2.75, 3.05) is 34.3 Å². The number of hydrogen-bond donors (Lipinski definition) is 1. The van der Waals surface area contributed by atoms with Gasteiger partial charge in [0.05, 0.1) is 12.7 Å². The van der Waals surface area contributed by atoms with Crippen molar-refractivity contribution in [3.63, 3.8) is 0 Å². The molecule has 0 aromatic heterocycles. The van der Waals surface area contributed by atoms with Gasteiger partial charge in [0.2, 0.25) is 0 Å². The number of methoxy groups -OCH3 is 1. The van der Waals surface area contributed by atoms with Crippen molar-refractivity contribution in [1.82, 2.24) is 9.80 Å². The first-order chi connectivity index (χ1) is 10.0. The highest BCUT2D eigenvalue weighted by Crippen LogP contribution is 2.30. The molecule has 1 aromatic carbocycles. The molecule has 5 nitrogen and oxygen atoms in total. The van der Waals surface area contributed by atoms with Crippen LogP contribution in [0.3, 0.4) is 0 Å². The Labute approximate surface area is 126 Å². The summed E-state index contributed by atoms with van der Waals surface area (Å²) in [6.07, 6.45) is 3.05. The summed E-state index contributed by atoms with van der Waals surface area (Å²) < 4.78 is 5.07. The smallest absolute Gasteiger partial charge is 0.257 e. The molecule has 5 heteroatoms. The molecule has 1 amide bonds. The van der Waals surface area contributed by atoms with E-state index < -0.39 is 0 Å². The highest BCUT2D eigenvalue weighted by Gasteiger charge is 2.24. The number of carbonyl (C=O) groups is 1. The van der Waals surface area contributed by atoms with E-state index in [0.717, 1.165) is 32.4 Å². The van der Waals surface area contributed by atoms with Crippen molar-refractivity contribution in [2.24, 2.45) is 0 Å². The van der Waals surface area contributed by atoms with E-state index >= 15 is 0 Å². The van der Waals surface area contributed by atoms with Gasteiger partial charge in [-0.1, -0.05) is 6.07 Å². The number of phenols is 1. The van der Waals surface area contributed by atoms with E-state index in [-0.39, 0.29) is 11.7 Å². The van der Waals surface area contributed by atoms with Crippen molar-refractivity contribution in [3.05, 3.63) is 23.8 Å². The van der Waals surface area contributed by atoms with Gasteiger partial charge in [0.1, 0.15) is 0 Å². The molecule has 2 rings (SSSR count). The van der Waals surface area contributed by atoms with E-state index in [1.807, 2.05) is 4.90 Å². The molecular formula is C16H24N2O3. The molecule has 0 spiro atoms. The van der Waals surface area contributed by atoms with Gasteiger partial charge in [-0.25, -0.2) is 0 Å². The van der Waals surface area contributed by atoms with Crippen molar-refractivity contribution in [2.45, 2.75) is 25.3 Å². The third-order valence-corrected chi connectivity index (χ3v) is 4.16. The monoisotopic (exact) mass is 292 g/mol. The number of rotatable bonds is 3. The molecule has 1 aromatic rings. The first kappa shape index (κ1) is 15.6. The summed E-state index contributed by atoms with van der Waals surface area (Å²) in [6.45, 7) is 1.46. The van der Waals surface area contributed by atoms with E-state index in [0.29, 0.717) is 17.4 Å². The molecule has 1 fully saturated rings. The van der Waals surface area contributed by atoms with Crippen LogP contribution < -0.4 is 4.74 Å². The SMILES string of the molecule is COc1cccc(C(=O)N2CCCC(N(C)C)CC2)c1O. The fourth-order valence-electron chi connectivity index (χ4n) is 2.83. The Bertz CT molecular complexity index is 502. The van der Waals surface area contributed by atoms with Gasteiger partial charge in [0.15, 0.2) is 11.5 Å². The molecule has 1 aliphatic heterocycles. The van der Waals surface area contributed by atoms with Crippen LogP contribution in [0.15, 0.2) is 18.2 Å². The number of likely N-dealkylation sites (tertiary alicyclic amines) is 1. The first-order valence-corrected chi connectivity index (χ1v) is 7.36. The Hall–Kier alpha value is -1.75. The lowest BCUT2D eigenvalue weighted by Crippen LogP contribution is -2.33. The Morgan fingerprint density at radius 2 is 2.10 bits per heavy atom. The summed E-state index contributed by atoms with van der Waals surface area (Å²) >= 11 is 0. The van der Waals surface area contributed by atoms with Crippen LogP contribution in [0.25, 0.3) is 0 Å². The van der Waals surface area contributed by atoms with E-state index in [9.17, 15) is 9.90 Å². The zero-order valence-electron chi connectivity index (χ0n) is 13.0. The number of para-hydroxylation sites is 1. The molecule has 1 aliphatic rings. The summed E-state index contributed by atoms with van der Waals surface area (Å²) in [7, 11) is 5.64. The largest absolute Gasteiger partial charge is 0.504 e. The minimum atomic E-state index is -0.120. The quantitative estimate of drug-likeness (QED) is 0.925. The maximum absolute atomic E-state index is 12.6. The van der Waals surface area contributed by atoms with Crippen molar-refractivity contribution in [1.29, 1.82) is 0 Å². The van der Waals surface area contributed by atoms with Gasteiger partial charge in [-0.15, -0.1) is 0 Å². The average Bonchev–Trinajstić information content (AvgIpc) is 2.73. The third kappa shape index (κ3) is 3.47. The normalized spacial score (nSPS) is 19.4. The fraction of sp³-hybridized carbons (Fsp3) is 0.562. The molecule has 0 saturated carbocycles. The summed E-state index contributed by atoms with van der Waals surface area (Å²) in [4.78, 5) is 16.7. The molecule has 1 heterocycles. The second-order valence-electron chi connectivity index (χ2n) is 5.70. The van der Waals surface area contributed by atoms with Crippen LogP contribution in [-0.2, 0) is 0 Å². The van der Waals surface area contributed by atoms with Crippen molar-refractivity contribution in [3.8, 4) is 11.5 Å². The van der Waals surface area contributed by atoms with Crippen LogP contribution >= 0.6 is 0 Å². The van der Waals surface area contributed by atoms with Crippen molar-refractivity contribution >= 4 is 5.91 Å². The number of phenolic OH excluding ortho intramolecular Hbond substituents is 1. The second kappa shape index (κ2) is 6.80. The molecular weight excluding hydrogens is 268 g/mol. The number of amides is 1. The lowest BCUT2D eigenvalue weighted by Gasteiger charge is -2.23. The second-order valence-corrected chi connectivity index (χ2v) is 5.70. The molecule has 0 aliphatic carbocycles. The van der Waals surface area contributed by atoms with Gasteiger partial charge in [0.25, 0.3) is 5.91 Å². The molecule has 21 heavy (non-hydrogen) atoms. The van der Waals surface area contributed by atoms with Gasteiger partial charge in [-0.2, -0.15) is 0 Å². The predicted molar refractivity (Wildman–Crippen MR) is 81.9 cm³/mol. The zero-order chi connectivity index (χ0) is 15.4. The molecule has 0 bridgehead atoms. The number of hydrogen-bond acceptors (Lipinski definition) is 4. The van der Waals surface area contributed by atoms with Crippen LogP contribution in [0, 0.1) is 0 Å². The molecule has 1 unspecified atom stereocenters. The van der Waals surface area contributed by atoms with Gasteiger partial charge >= 0.3 is 0 Å². The van der Waals surface area contributed by atoms with E-state index in [2.05, 4.69) is 19.0 Å². The summed E-state index contributed by atoms with van der Waals surface area (Å²) in [6, 6.07) is 5.54. The summed E-state index contributed by atoms with van der Waals surface area (Å²) in [5, 5.41) is 10.1. The minimum absolute atomic E-state index is 0.0709. The maximum atomic E-state index is 12.6. The molecule has 1 N–H and O–H groups in total. The Morgan fingerprint density at radius 1 is 1.33 bits per heavy atom. The van der Waals surface area contributed by atoms with Crippen LogP contribution in [0.5, 0.6) is 11.5 Å².